The van der Waals surface area contributed by atoms with E-state index in [1.54, 1.807) is 6.33 Å². The highest BCUT2D eigenvalue weighted by molar-refractivity contribution is 5.16. The van der Waals surface area contributed by atoms with Crippen LogP contribution in [0.5, 0.6) is 0 Å². The van der Waals surface area contributed by atoms with Crippen LogP contribution in [0.25, 0.3) is 0 Å². The second-order valence-corrected chi connectivity index (χ2v) is 2.51. The van der Waals surface area contributed by atoms with Crippen molar-refractivity contribution in [1.29, 1.82) is 0 Å². The molecule has 0 aliphatic heterocycles. The van der Waals surface area contributed by atoms with Crippen molar-refractivity contribution in [3.05, 3.63) is 18.2 Å². The van der Waals surface area contributed by atoms with Crippen LogP contribution in [0.15, 0.2) is 12.5 Å². The molecule has 2 atom stereocenters. The molecule has 3 N–H and O–H groups in total. The quantitative estimate of drug-likeness (QED) is 0.561. The Kier molecular flexibility index (Phi) is 0.873. The Morgan fingerprint density at radius 2 is 2.56 bits per heavy atom. The number of hydrogen-bond acceptors (Lipinski definition) is 2. The van der Waals surface area contributed by atoms with Crippen LogP contribution >= 0.6 is 0 Å². The third-order valence-electron chi connectivity index (χ3n) is 1.76. The number of H-pyrrole nitrogens is 1. The van der Waals surface area contributed by atoms with E-state index in [4.69, 9.17) is 5.73 Å². The number of aromatic nitrogens is 2. The Morgan fingerprint density at radius 3 is 3.00 bits per heavy atom. The number of rotatable bonds is 1. The van der Waals surface area contributed by atoms with Crippen LogP contribution in [0, 0.1) is 0 Å². The summed E-state index contributed by atoms with van der Waals surface area (Å²) in [6.07, 6.45) is 4.65. The summed E-state index contributed by atoms with van der Waals surface area (Å²) in [6, 6.07) is 0.380. The molecule has 1 aromatic heterocycles. The van der Waals surface area contributed by atoms with Gasteiger partial charge in [-0.2, -0.15) is 0 Å². The summed E-state index contributed by atoms with van der Waals surface area (Å²) in [5.74, 6) is 0.562. The van der Waals surface area contributed by atoms with Crippen molar-refractivity contribution in [2.75, 3.05) is 0 Å². The summed E-state index contributed by atoms with van der Waals surface area (Å²) >= 11 is 0. The molecular weight excluding hydrogens is 114 g/mol. The minimum atomic E-state index is 0.380. The van der Waals surface area contributed by atoms with Crippen LogP contribution in [0.1, 0.15) is 18.0 Å². The van der Waals surface area contributed by atoms with Crippen molar-refractivity contribution < 1.29 is 0 Å². The van der Waals surface area contributed by atoms with E-state index in [9.17, 15) is 0 Å². The Hall–Kier alpha value is -0.830. The third kappa shape index (κ3) is 0.733. The number of hydrogen-bond donors (Lipinski definition) is 2. The van der Waals surface area contributed by atoms with Gasteiger partial charge in [-0.05, 0) is 6.42 Å². The Bertz CT molecular complexity index is 192. The lowest BCUT2D eigenvalue weighted by molar-refractivity contribution is 0.958. The molecule has 1 unspecified atom stereocenters. The molecule has 48 valence electrons. The monoisotopic (exact) mass is 123 g/mol. The van der Waals surface area contributed by atoms with E-state index in [0.29, 0.717) is 12.0 Å². The molecule has 1 saturated carbocycles. The Morgan fingerprint density at radius 1 is 1.78 bits per heavy atom. The third-order valence-corrected chi connectivity index (χ3v) is 1.76. The summed E-state index contributed by atoms with van der Waals surface area (Å²) in [5, 5.41) is 0. The smallest absolute Gasteiger partial charge is 0.0921 e. The molecule has 1 aromatic rings. The van der Waals surface area contributed by atoms with E-state index in [2.05, 4.69) is 9.97 Å². The molecule has 0 amide bonds. The fraction of sp³-hybridized carbons (Fsp3) is 0.500. The SMILES string of the molecule is N[C@@H]1CC1c1cnc[nH]1. The first kappa shape index (κ1) is 4.99. The standard InChI is InChI=1S/C6H9N3/c7-5-1-4(5)6-2-8-3-9-6/h2-5H,1,7H2,(H,8,9)/t4?,5-/m1/s1. The normalized spacial score (nSPS) is 32.6. The second-order valence-electron chi connectivity index (χ2n) is 2.51. The maximum atomic E-state index is 5.61. The van der Waals surface area contributed by atoms with Gasteiger partial charge in [0.05, 0.1) is 6.33 Å². The van der Waals surface area contributed by atoms with Gasteiger partial charge in [-0.25, -0.2) is 4.98 Å². The summed E-state index contributed by atoms with van der Waals surface area (Å²) in [4.78, 5) is 6.95. The minimum absolute atomic E-state index is 0.380. The molecule has 2 rings (SSSR count). The largest absolute Gasteiger partial charge is 0.348 e. The maximum absolute atomic E-state index is 5.61. The van der Waals surface area contributed by atoms with E-state index in [0.717, 1.165) is 6.42 Å². The minimum Gasteiger partial charge on any atom is -0.348 e. The summed E-state index contributed by atoms with van der Waals surface area (Å²) < 4.78 is 0. The van der Waals surface area contributed by atoms with Gasteiger partial charge < -0.3 is 10.7 Å². The first-order valence-electron chi connectivity index (χ1n) is 3.12. The van der Waals surface area contributed by atoms with Crippen LogP contribution in [-0.2, 0) is 0 Å². The van der Waals surface area contributed by atoms with Crippen molar-refractivity contribution in [2.45, 2.75) is 18.4 Å². The van der Waals surface area contributed by atoms with Crippen molar-refractivity contribution in [1.82, 2.24) is 9.97 Å². The van der Waals surface area contributed by atoms with Gasteiger partial charge in [-0.1, -0.05) is 0 Å². The van der Waals surface area contributed by atoms with E-state index < -0.39 is 0 Å². The van der Waals surface area contributed by atoms with Gasteiger partial charge in [0.1, 0.15) is 0 Å². The zero-order chi connectivity index (χ0) is 6.27. The topological polar surface area (TPSA) is 54.7 Å². The van der Waals surface area contributed by atoms with Gasteiger partial charge >= 0.3 is 0 Å². The van der Waals surface area contributed by atoms with Gasteiger partial charge in [0, 0.05) is 23.9 Å². The summed E-state index contributed by atoms with van der Waals surface area (Å²) in [7, 11) is 0. The molecule has 0 saturated heterocycles. The van der Waals surface area contributed by atoms with Gasteiger partial charge in [0.2, 0.25) is 0 Å². The van der Waals surface area contributed by atoms with Gasteiger partial charge in [-0.15, -0.1) is 0 Å². The van der Waals surface area contributed by atoms with Gasteiger partial charge in [0.25, 0.3) is 0 Å². The van der Waals surface area contributed by atoms with Crippen LogP contribution in [-0.4, -0.2) is 16.0 Å². The number of nitrogens with two attached hydrogens (primary N) is 1. The average Bonchev–Trinajstić information content (AvgIpc) is 2.44. The number of imidazole rings is 1. The van der Waals surface area contributed by atoms with Crippen LogP contribution in [0.3, 0.4) is 0 Å². The molecule has 1 heterocycles. The van der Waals surface area contributed by atoms with Crippen LogP contribution in [0.2, 0.25) is 0 Å². The van der Waals surface area contributed by atoms with Gasteiger partial charge in [-0.3, -0.25) is 0 Å². The highest BCUT2D eigenvalue weighted by Gasteiger charge is 2.35. The zero-order valence-corrected chi connectivity index (χ0v) is 5.04. The van der Waals surface area contributed by atoms with E-state index in [-0.39, 0.29) is 0 Å². The first-order chi connectivity index (χ1) is 4.38. The van der Waals surface area contributed by atoms with Crippen molar-refractivity contribution >= 4 is 0 Å². The first-order valence-corrected chi connectivity index (χ1v) is 3.12. The highest BCUT2D eigenvalue weighted by Crippen LogP contribution is 2.37. The fourth-order valence-corrected chi connectivity index (χ4v) is 1.04. The van der Waals surface area contributed by atoms with Crippen molar-refractivity contribution in [3.8, 4) is 0 Å². The fourth-order valence-electron chi connectivity index (χ4n) is 1.04. The van der Waals surface area contributed by atoms with E-state index >= 15 is 0 Å². The molecule has 0 spiro atoms. The van der Waals surface area contributed by atoms with Crippen LogP contribution < -0.4 is 5.73 Å². The number of aromatic amines is 1. The molecule has 0 radical (unpaired) electrons. The number of nitrogens with zero attached hydrogens (tertiary/aromatic N) is 1. The molecule has 1 aliphatic carbocycles. The van der Waals surface area contributed by atoms with Crippen molar-refractivity contribution in [3.63, 3.8) is 0 Å². The lowest BCUT2D eigenvalue weighted by Gasteiger charge is -1.86. The Balaban J connectivity index is 2.18. The molecule has 0 bridgehead atoms. The van der Waals surface area contributed by atoms with Crippen molar-refractivity contribution in [2.24, 2.45) is 5.73 Å². The number of nitrogens with one attached hydrogen (secondary N) is 1. The molecule has 0 aromatic carbocycles. The molecular formula is C6H9N3. The Labute approximate surface area is 53.3 Å². The predicted octanol–water partition coefficient (Wildman–Crippen LogP) is 0.224. The highest BCUT2D eigenvalue weighted by atomic mass is 14.9. The average molecular weight is 123 g/mol. The van der Waals surface area contributed by atoms with E-state index in [1.165, 1.54) is 5.69 Å². The molecule has 1 fully saturated rings. The lowest BCUT2D eigenvalue weighted by Crippen LogP contribution is -2.00. The molecule has 9 heavy (non-hydrogen) atoms. The predicted molar refractivity (Wildman–Crippen MR) is 33.9 cm³/mol. The molecule has 1 aliphatic rings. The molecule has 3 heteroatoms. The summed E-state index contributed by atoms with van der Waals surface area (Å²) in [5.41, 5.74) is 6.79. The summed E-state index contributed by atoms with van der Waals surface area (Å²) in [6.45, 7) is 0. The van der Waals surface area contributed by atoms with E-state index in [1.807, 2.05) is 6.20 Å². The lowest BCUT2D eigenvalue weighted by atomic mass is 10.3. The second kappa shape index (κ2) is 1.57. The maximum Gasteiger partial charge on any atom is 0.0921 e. The molecule has 3 nitrogen and oxygen atoms in total. The van der Waals surface area contributed by atoms with Gasteiger partial charge in [0.15, 0.2) is 0 Å². The zero-order valence-electron chi connectivity index (χ0n) is 5.04. The van der Waals surface area contributed by atoms with Crippen LogP contribution in [0.4, 0.5) is 0 Å².